The molecule has 0 bridgehead atoms. The van der Waals surface area contributed by atoms with Crippen molar-refractivity contribution in [2.75, 3.05) is 19.8 Å². The van der Waals surface area contributed by atoms with E-state index in [-0.39, 0.29) is 5.91 Å². The molecule has 5 nitrogen and oxygen atoms in total. The van der Waals surface area contributed by atoms with Crippen LogP contribution in [0.3, 0.4) is 0 Å². The molecule has 1 aromatic heterocycles. The SMILES string of the molecule is CCOCCn1c(=NC(=O)c2cccc(Br)c2)sc2cc(OCC)ccc21. The Kier molecular flexibility index (Phi) is 6.82. The van der Waals surface area contributed by atoms with Gasteiger partial charge in [-0.2, -0.15) is 4.99 Å². The number of amides is 1. The van der Waals surface area contributed by atoms with Crippen molar-refractivity contribution in [2.24, 2.45) is 4.99 Å². The Morgan fingerprint density at radius 1 is 1.19 bits per heavy atom. The number of fused-ring (bicyclic) bond motifs is 1. The van der Waals surface area contributed by atoms with E-state index in [1.807, 2.05) is 48.7 Å². The lowest BCUT2D eigenvalue weighted by Crippen LogP contribution is -2.19. The average molecular weight is 449 g/mol. The molecule has 0 unspecified atom stereocenters. The summed E-state index contributed by atoms with van der Waals surface area (Å²) in [5, 5.41) is 0. The van der Waals surface area contributed by atoms with Crippen LogP contribution >= 0.6 is 27.3 Å². The molecule has 0 saturated carbocycles. The van der Waals surface area contributed by atoms with E-state index in [0.29, 0.717) is 36.7 Å². The van der Waals surface area contributed by atoms with Crippen LogP contribution in [0.1, 0.15) is 24.2 Å². The van der Waals surface area contributed by atoms with Crippen LogP contribution in [0, 0.1) is 0 Å². The first-order valence-electron chi connectivity index (χ1n) is 8.81. The Bertz CT molecular complexity index is 1010. The lowest BCUT2D eigenvalue weighted by atomic mass is 10.2. The van der Waals surface area contributed by atoms with E-state index in [9.17, 15) is 4.79 Å². The molecule has 1 heterocycles. The highest BCUT2D eigenvalue weighted by atomic mass is 79.9. The van der Waals surface area contributed by atoms with Crippen LogP contribution in [0.4, 0.5) is 0 Å². The predicted molar refractivity (Wildman–Crippen MR) is 112 cm³/mol. The summed E-state index contributed by atoms with van der Waals surface area (Å²) in [6, 6.07) is 13.2. The number of aromatic nitrogens is 1. The van der Waals surface area contributed by atoms with Crippen LogP contribution < -0.4 is 9.54 Å². The number of thiazole rings is 1. The zero-order valence-electron chi connectivity index (χ0n) is 15.3. The fourth-order valence-electron chi connectivity index (χ4n) is 2.68. The fraction of sp³-hybridized carbons (Fsp3) is 0.300. The van der Waals surface area contributed by atoms with Gasteiger partial charge >= 0.3 is 0 Å². The normalized spacial score (nSPS) is 11.9. The van der Waals surface area contributed by atoms with Crippen molar-refractivity contribution in [3.8, 4) is 5.75 Å². The molecule has 0 atom stereocenters. The van der Waals surface area contributed by atoms with E-state index in [4.69, 9.17) is 9.47 Å². The summed E-state index contributed by atoms with van der Waals surface area (Å²) in [7, 11) is 0. The first-order chi connectivity index (χ1) is 13.1. The topological polar surface area (TPSA) is 52.8 Å². The molecule has 3 aromatic rings. The maximum Gasteiger partial charge on any atom is 0.279 e. The first-order valence-corrected chi connectivity index (χ1v) is 10.4. The highest BCUT2D eigenvalue weighted by Crippen LogP contribution is 2.23. The highest BCUT2D eigenvalue weighted by molar-refractivity contribution is 9.10. The third-order valence-electron chi connectivity index (χ3n) is 3.90. The Morgan fingerprint density at radius 3 is 2.78 bits per heavy atom. The molecule has 3 rings (SSSR count). The van der Waals surface area contributed by atoms with Crippen molar-refractivity contribution in [1.82, 2.24) is 4.57 Å². The lowest BCUT2D eigenvalue weighted by molar-refractivity contribution is 0.0996. The van der Waals surface area contributed by atoms with Crippen LogP contribution in [0.25, 0.3) is 10.2 Å². The van der Waals surface area contributed by atoms with E-state index in [2.05, 4.69) is 20.9 Å². The number of halogens is 1. The second-order valence-corrected chi connectivity index (χ2v) is 7.65. The van der Waals surface area contributed by atoms with Gasteiger partial charge in [0.1, 0.15) is 5.75 Å². The predicted octanol–water partition coefficient (Wildman–Crippen LogP) is 4.64. The van der Waals surface area contributed by atoms with E-state index in [1.54, 1.807) is 12.1 Å². The first kappa shape index (κ1) is 19.8. The molecule has 7 heteroatoms. The summed E-state index contributed by atoms with van der Waals surface area (Å²) in [6.07, 6.45) is 0. The fourth-order valence-corrected chi connectivity index (χ4v) is 4.17. The Morgan fingerprint density at radius 2 is 2.04 bits per heavy atom. The number of hydrogen-bond donors (Lipinski definition) is 0. The van der Waals surface area contributed by atoms with Gasteiger partial charge in [0.05, 0.1) is 23.4 Å². The average Bonchev–Trinajstić information content (AvgIpc) is 2.99. The zero-order valence-corrected chi connectivity index (χ0v) is 17.7. The van der Waals surface area contributed by atoms with Crippen molar-refractivity contribution < 1.29 is 14.3 Å². The summed E-state index contributed by atoms with van der Waals surface area (Å²) >= 11 is 4.87. The van der Waals surface area contributed by atoms with Gasteiger partial charge in [-0.05, 0) is 50.2 Å². The largest absolute Gasteiger partial charge is 0.494 e. The Hall–Kier alpha value is -1.96. The molecule has 1 amide bonds. The third-order valence-corrected chi connectivity index (χ3v) is 5.43. The molecule has 0 N–H and O–H groups in total. The number of carbonyl (C=O) groups excluding carboxylic acids is 1. The maximum atomic E-state index is 12.6. The minimum Gasteiger partial charge on any atom is -0.494 e. The van der Waals surface area contributed by atoms with Gasteiger partial charge in [0.2, 0.25) is 0 Å². The van der Waals surface area contributed by atoms with Crippen LogP contribution in [0.2, 0.25) is 0 Å². The molecule has 142 valence electrons. The molecule has 0 radical (unpaired) electrons. The van der Waals surface area contributed by atoms with Crippen molar-refractivity contribution >= 4 is 43.4 Å². The monoisotopic (exact) mass is 448 g/mol. The van der Waals surface area contributed by atoms with Crippen LogP contribution in [0.15, 0.2) is 51.9 Å². The summed E-state index contributed by atoms with van der Waals surface area (Å²) in [5.74, 6) is 0.547. The quantitative estimate of drug-likeness (QED) is 0.494. The summed E-state index contributed by atoms with van der Waals surface area (Å²) < 4.78 is 15.0. The Labute approximate surface area is 170 Å². The zero-order chi connectivity index (χ0) is 19.2. The molecule has 27 heavy (non-hydrogen) atoms. The third kappa shape index (κ3) is 4.86. The van der Waals surface area contributed by atoms with E-state index in [1.165, 1.54) is 11.3 Å². The standard InChI is InChI=1S/C20H21BrN2O3S/c1-3-25-11-10-23-17-9-8-16(26-4-2)13-18(17)27-20(23)22-19(24)14-6-5-7-15(21)12-14/h5-9,12-13H,3-4,10-11H2,1-2H3. The summed E-state index contributed by atoms with van der Waals surface area (Å²) in [5.41, 5.74) is 1.57. The van der Waals surface area contributed by atoms with Gasteiger partial charge in [-0.1, -0.05) is 33.3 Å². The number of nitrogens with zero attached hydrogens (tertiary/aromatic N) is 2. The minimum atomic E-state index is -0.266. The van der Waals surface area contributed by atoms with Gasteiger partial charge < -0.3 is 14.0 Å². The van der Waals surface area contributed by atoms with Crippen molar-refractivity contribution in [1.29, 1.82) is 0 Å². The number of rotatable bonds is 7. The van der Waals surface area contributed by atoms with Crippen molar-refractivity contribution in [3.05, 3.63) is 57.3 Å². The minimum absolute atomic E-state index is 0.266. The van der Waals surface area contributed by atoms with Gasteiger partial charge in [0.25, 0.3) is 5.91 Å². The maximum absolute atomic E-state index is 12.6. The van der Waals surface area contributed by atoms with Gasteiger partial charge in [0, 0.05) is 23.2 Å². The lowest BCUT2D eigenvalue weighted by Gasteiger charge is -2.06. The molecule has 0 aliphatic carbocycles. The molecule has 0 saturated heterocycles. The van der Waals surface area contributed by atoms with E-state index < -0.39 is 0 Å². The number of ether oxygens (including phenoxy) is 2. The van der Waals surface area contributed by atoms with Gasteiger partial charge in [0.15, 0.2) is 4.80 Å². The van der Waals surface area contributed by atoms with Crippen molar-refractivity contribution in [2.45, 2.75) is 20.4 Å². The van der Waals surface area contributed by atoms with Gasteiger partial charge in [-0.25, -0.2) is 0 Å². The number of benzene rings is 2. The van der Waals surface area contributed by atoms with Gasteiger partial charge in [-0.3, -0.25) is 4.79 Å². The van der Waals surface area contributed by atoms with Crippen LogP contribution in [0.5, 0.6) is 5.75 Å². The highest BCUT2D eigenvalue weighted by Gasteiger charge is 2.11. The molecule has 0 aliphatic rings. The molecular formula is C20H21BrN2O3S. The Balaban J connectivity index is 2.05. The van der Waals surface area contributed by atoms with E-state index in [0.717, 1.165) is 20.4 Å². The molecule has 2 aromatic carbocycles. The van der Waals surface area contributed by atoms with Gasteiger partial charge in [-0.15, -0.1) is 0 Å². The number of carbonyl (C=O) groups is 1. The second kappa shape index (κ2) is 9.30. The molecule has 0 fully saturated rings. The number of hydrogen-bond acceptors (Lipinski definition) is 4. The van der Waals surface area contributed by atoms with Crippen LogP contribution in [-0.2, 0) is 11.3 Å². The van der Waals surface area contributed by atoms with Crippen LogP contribution in [-0.4, -0.2) is 30.3 Å². The summed E-state index contributed by atoms with van der Waals surface area (Å²) in [4.78, 5) is 17.7. The molecule has 0 spiro atoms. The smallest absolute Gasteiger partial charge is 0.279 e. The molecular weight excluding hydrogens is 428 g/mol. The van der Waals surface area contributed by atoms with E-state index >= 15 is 0 Å². The molecule has 0 aliphatic heterocycles. The second-order valence-electron chi connectivity index (χ2n) is 5.72. The summed E-state index contributed by atoms with van der Waals surface area (Å²) in [6.45, 7) is 6.38. The van der Waals surface area contributed by atoms with Crippen molar-refractivity contribution in [3.63, 3.8) is 0 Å².